The number of rotatable bonds is 3. The van der Waals surface area contributed by atoms with Crippen LogP contribution in [0.1, 0.15) is 24.8 Å². The van der Waals surface area contributed by atoms with Crippen molar-refractivity contribution in [3.8, 4) is 0 Å². The minimum absolute atomic E-state index is 0.145. The van der Waals surface area contributed by atoms with E-state index < -0.39 is 0 Å². The predicted octanol–water partition coefficient (Wildman–Crippen LogP) is 1.35. The minimum Gasteiger partial charge on any atom is -0.368 e. The molecule has 1 heterocycles. The number of primary amides is 1. The zero-order valence-corrected chi connectivity index (χ0v) is 9.60. The number of benzene rings is 1. The summed E-state index contributed by atoms with van der Waals surface area (Å²) >= 11 is 0. The van der Waals surface area contributed by atoms with E-state index in [1.165, 1.54) is 5.56 Å². The van der Waals surface area contributed by atoms with Crippen molar-refractivity contribution < 1.29 is 4.79 Å². The van der Waals surface area contributed by atoms with Crippen LogP contribution in [0.15, 0.2) is 30.3 Å². The van der Waals surface area contributed by atoms with E-state index >= 15 is 0 Å². The smallest absolute Gasteiger partial charge is 0.234 e. The third kappa shape index (κ3) is 2.25. The SMILES string of the molecule is C[C@@H](C(N)=O)N1CC[C@@H](c2ccccc2)C1. The highest BCUT2D eigenvalue weighted by Crippen LogP contribution is 2.27. The molecule has 0 aliphatic carbocycles. The standard InChI is InChI=1S/C13H18N2O/c1-10(13(14)16)15-8-7-12(9-15)11-5-3-2-4-6-11/h2-6,10,12H,7-9H2,1H3,(H2,14,16)/t10-,12+/m0/s1. The molecule has 1 aromatic rings. The van der Waals surface area contributed by atoms with E-state index in [4.69, 9.17) is 5.73 Å². The molecule has 1 fully saturated rings. The second-order valence-corrected chi connectivity index (χ2v) is 4.47. The highest BCUT2D eigenvalue weighted by Gasteiger charge is 2.28. The van der Waals surface area contributed by atoms with Gasteiger partial charge in [0.05, 0.1) is 6.04 Å². The van der Waals surface area contributed by atoms with Gasteiger partial charge in [0.2, 0.25) is 5.91 Å². The molecule has 1 aliphatic heterocycles. The molecular weight excluding hydrogens is 200 g/mol. The van der Waals surface area contributed by atoms with Crippen LogP contribution in [-0.2, 0) is 4.79 Å². The summed E-state index contributed by atoms with van der Waals surface area (Å²) in [4.78, 5) is 13.3. The van der Waals surface area contributed by atoms with Crippen molar-refractivity contribution in [3.63, 3.8) is 0 Å². The fourth-order valence-electron chi connectivity index (χ4n) is 2.32. The topological polar surface area (TPSA) is 46.3 Å². The Morgan fingerprint density at radius 3 is 2.75 bits per heavy atom. The predicted molar refractivity (Wildman–Crippen MR) is 64.0 cm³/mol. The van der Waals surface area contributed by atoms with Crippen molar-refractivity contribution in [2.45, 2.75) is 25.3 Å². The molecule has 0 radical (unpaired) electrons. The van der Waals surface area contributed by atoms with Crippen molar-refractivity contribution in [2.75, 3.05) is 13.1 Å². The first kappa shape index (κ1) is 11.1. The number of hydrogen-bond donors (Lipinski definition) is 1. The lowest BCUT2D eigenvalue weighted by Gasteiger charge is -2.21. The third-order valence-electron chi connectivity index (χ3n) is 3.45. The molecule has 0 saturated carbocycles. The highest BCUT2D eigenvalue weighted by molar-refractivity contribution is 5.79. The highest BCUT2D eigenvalue weighted by atomic mass is 16.1. The van der Waals surface area contributed by atoms with E-state index in [0.29, 0.717) is 5.92 Å². The molecule has 0 aromatic heterocycles. The number of likely N-dealkylation sites (tertiary alicyclic amines) is 1. The van der Waals surface area contributed by atoms with Gasteiger partial charge >= 0.3 is 0 Å². The Morgan fingerprint density at radius 2 is 2.12 bits per heavy atom. The second kappa shape index (κ2) is 4.66. The summed E-state index contributed by atoms with van der Waals surface area (Å²) in [5, 5.41) is 0. The van der Waals surface area contributed by atoms with E-state index in [1.807, 2.05) is 13.0 Å². The Bertz CT molecular complexity index is 363. The third-order valence-corrected chi connectivity index (χ3v) is 3.45. The minimum atomic E-state index is -0.228. The molecule has 2 atom stereocenters. The lowest BCUT2D eigenvalue weighted by Crippen LogP contribution is -2.41. The summed E-state index contributed by atoms with van der Waals surface area (Å²) < 4.78 is 0. The summed E-state index contributed by atoms with van der Waals surface area (Å²) in [5.74, 6) is 0.316. The second-order valence-electron chi connectivity index (χ2n) is 4.47. The average Bonchev–Trinajstić information content (AvgIpc) is 2.78. The quantitative estimate of drug-likeness (QED) is 0.832. The number of carbonyl (C=O) groups excluding carboxylic acids is 1. The molecule has 2 rings (SSSR count). The Balaban J connectivity index is 2.01. The van der Waals surface area contributed by atoms with Crippen LogP contribution in [0.5, 0.6) is 0 Å². The van der Waals surface area contributed by atoms with Crippen LogP contribution in [0.25, 0.3) is 0 Å². The normalized spacial score (nSPS) is 23.2. The maximum absolute atomic E-state index is 11.1. The Morgan fingerprint density at radius 1 is 1.44 bits per heavy atom. The summed E-state index contributed by atoms with van der Waals surface area (Å²) in [5.41, 5.74) is 6.68. The lowest BCUT2D eigenvalue weighted by molar-refractivity contribution is -0.122. The first-order valence-electron chi connectivity index (χ1n) is 5.77. The first-order chi connectivity index (χ1) is 7.68. The maximum Gasteiger partial charge on any atom is 0.234 e. The number of nitrogens with zero attached hydrogens (tertiary/aromatic N) is 1. The number of nitrogens with two attached hydrogens (primary N) is 1. The van der Waals surface area contributed by atoms with Crippen molar-refractivity contribution in [1.82, 2.24) is 4.90 Å². The fraction of sp³-hybridized carbons (Fsp3) is 0.462. The van der Waals surface area contributed by atoms with Crippen molar-refractivity contribution in [3.05, 3.63) is 35.9 Å². The van der Waals surface area contributed by atoms with E-state index in [2.05, 4.69) is 29.2 Å². The number of amides is 1. The largest absolute Gasteiger partial charge is 0.368 e. The van der Waals surface area contributed by atoms with Gasteiger partial charge in [0, 0.05) is 6.54 Å². The molecule has 1 aromatic carbocycles. The molecule has 1 aliphatic rings. The summed E-state index contributed by atoms with van der Waals surface area (Å²) in [6.45, 7) is 3.79. The van der Waals surface area contributed by atoms with Crippen molar-refractivity contribution >= 4 is 5.91 Å². The van der Waals surface area contributed by atoms with Gasteiger partial charge in [0.15, 0.2) is 0 Å². The molecule has 16 heavy (non-hydrogen) atoms. The zero-order chi connectivity index (χ0) is 11.5. The molecule has 3 heteroatoms. The van der Waals surface area contributed by atoms with Gasteiger partial charge in [0.1, 0.15) is 0 Å². The molecule has 0 spiro atoms. The Kier molecular flexibility index (Phi) is 3.25. The fourth-order valence-corrected chi connectivity index (χ4v) is 2.32. The van der Waals surface area contributed by atoms with Crippen LogP contribution in [0.3, 0.4) is 0 Å². The number of hydrogen-bond acceptors (Lipinski definition) is 2. The van der Waals surface area contributed by atoms with Gasteiger partial charge in [-0.25, -0.2) is 0 Å². The van der Waals surface area contributed by atoms with Gasteiger partial charge < -0.3 is 5.73 Å². The zero-order valence-electron chi connectivity index (χ0n) is 9.60. The van der Waals surface area contributed by atoms with Gasteiger partial charge in [-0.3, -0.25) is 9.69 Å². The van der Waals surface area contributed by atoms with E-state index in [0.717, 1.165) is 19.5 Å². The van der Waals surface area contributed by atoms with Crippen LogP contribution < -0.4 is 5.73 Å². The lowest BCUT2D eigenvalue weighted by atomic mass is 9.99. The Labute approximate surface area is 96.2 Å². The molecule has 86 valence electrons. The molecule has 0 bridgehead atoms. The van der Waals surface area contributed by atoms with E-state index in [1.54, 1.807) is 0 Å². The van der Waals surface area contributed by atoms with Gasteiger partial charge in [-0.05, 0) is 31.4 Å². The van der Waals surface area contributed by atoms with Crippen LogP contribution in [0, 0.1) is 0 Å². The van der Waals surface area contributed by atoms with Crippen LogP contribution in [0.2, 0.25) is 0 Å². The summed E-state index contributed by atoms with van der Waals surface area (Å²) in [6, 6.07) is 10.3. The van der Waals surface area contributed by atoms with Crippen LogP contribution in [-0.4, -0.2) is 29.9 Å². The Hall–Kier alpha value is -1.35. The van der Waals surface area contributed by atoms with Gasteiger partial charge in [-0.2, -0.15) is 0 Å². The van der Waals surface area contributed by atoms with Crippen molar-refractivity contribution in [1.29, 1.82) is 0 Å². The molecular formula is C13H18N2O. The first-order valence-corrected chi connectivity index (χ1v) is 5.77. The molecule has 0 unspecified atom stereocenters. The van der Waals surface area contributed by atoms with E-state index in [-0.39, 0.29) is 11.9 Å². The monoisotopic (exact) mass is 218 g/mol. The summed E-state index contributed by atoms with van der Waals surface area (Å²) in [7, 11) is 0. The molecule has 1 saturated heterocycles. The van der Waals surface area contributed by atoms with Gasteiger partial charge in [-0.1, -0.05) is 30.3 Å². The molecule has 1 amide bonds. The van der Waals surface area contributed by atoms with Crippen molar-refractivity contribution in [2.24, 2.45) is 5.73 Å². The van der Waals surface area contributed by atoms with E-state index in [9.17, 15) is 4.79 Å². The molecule has 2 N–H and O–H groups in total. The average molecular weight is 218 g/mol. The van der Waals surface area contributed by atoms with Gasteiger partial charge in [-0.15, -0.1) is 0 Å². The maximum atomic E-state index is 11.1. The molecule has 3 nitrogen and oxygen atoms in total. The summed E-state index contributed by atoms with van der Waals surface area (Å²) in [6.07, 6.45) is 1.11. The number of carbonyl (C=O) groups is 1. The van der Waals surface area contributed by atoms with Crippen LogP contribution in [0.4, 0.5) is 0 Å². The van der Waals surface area contributed by atoms with Gasteiger partial charge in [0.25, 0.3) is 0 Å². The van der Waals surface area contributed by atoms with Crippen LogP contribution >= 0.6 is 0 Å².